The summed E-state index contributed by atoms with van der Waals surface area (Å²) in [6, 6.07) is 19.2. The molecule has 53 heavy (non-hydrogen) atoms. The van der Waals surface area contributed by atoms with Crippen LogP contribution in [0.25, 0.3) is 22.0 Å². The molecule has 276 valence electrons. The van der Waals surface area contributed by atoms with Crippen molar-refractivity contribution in [3.8, 4) is 28.7 Å². The molecule has 1 saturated heterocycles. The van der Waals surface area contributed by atoms with Crippen molar-refractivity contribution in [1.82, 2.24) is 25.0 Å². The minimum atomic E-state index is -1.59. The Balaban J connectivity index is 1.21. The number of aliphatic carboxylic acids is 1. The van der Waals surface area contributed by atoms with E-state index in [-0.39, 0.29) is 30.9 Å². The van der Waals surface area contributed by atoms with E-state index in [1.54, 1.807) is 24.4 Å². The van der Waals surface area contributed by atoms with Gasteiger partial charge in [0.15, 0.2) is 0 Å². The molecule has 1 aliphatic rings. The van der Waals surface area contributed by atoms with E-state index < -0.39 is 18.1 Å². The molecule has 0 spiro atoms. The second-order valence-corrected chi connectivity index (χ2v) is 14.5. The number of halogens is 2. The highest BCUT2D eigenvalue weighted by molar-refractivity contribution is 9.10. The van der Waals surface area contributed by atoms with E-state index in [2.05, 4.69) is 49.3 Å². The maximum Gasteiger partial charge on any atom is 0.326 e. The second-order valence-electron chi connectivity index (χ2n) is 13.3. The van der Waals surface area contributed by atoms with Gasteiger partial charge in [0, 0.05) is 77.7 Å². The summed E-state index contributed by atoms with van der Waals surface area (Å²) in [6.07, 6.45) is 6.51. The van der Waals surface area contributed by atoms with Gasteiger partial charge < -0.3 is 29.7 Å². The highest BCUT2D eigenvalue weighted by atomic mass is 79.9. The van der Waals surface area contributed by atoms with Crippen molar-refractivity contribution in [3.05, 3.63) is 105 Å². The molecule has 4 N–H and O–H groups in total. The Labute approximate surface area is 320 Å². The van der Waals surface area contributed by atoms with Gasteiger partial charge in [-0.2, -0.15) is 10.4 Å². The van der Waals surface area contributed by atoms with Crippen LogP contribution in [0.4, 0.5) is 0 Å². The molecule has 6 rings (SSSR count). The number of nitriles is 1. The Kier molecular flexibility index (Phi) is 12.3. The first kappa shape index (κ1) is 38.2. The van der Waals surface area contributed by atoms with Gasteiger partial charge >= 0.3 is 5.97 Å². The number of nitrogens with zero attached hydrogens (tertiary/aromatic N) is 5. The normalized spacial score (nSPS) is 15.7. The molecule has 2 atom stereocenters. The summed E-state index contributed by atoms with van der Waals surface area (Å²) >= 11 is 10.6. The van der Waals surface area contributed by atoms with Gasteiger partial charge in [-0.3, -0.25) is 19.8 Å². The smallest absolute Gasteiger partial charge is 0.326 e. The van der Waals surface area contributed by atoms with E-state index in [1.165, 1.54) is 13.1 Å². The summed E-state index contributed by atoms with van der Waals surface area (Å²) in [5, 5.41) is 47.5. The molecule has 0 radical (unpaired) electrons. The molecule has 0 amide bonds. The van der Waals surface area contributed by atoms with Crippen LogP contribution in [0.15, 0.2) is 77.7 Å². The standard InChI is InChI=1S/C39H40BrClN6O6/c1-39(24-48,38(50)51)44-19-28-14-33(41)36(15-35(28)52-22-26-13-25(16-42)17-43-18-26)53-23-27-5-2-7-31(37(27)40)30-6-3-8-34-32(30)20-45-47(34)11-4-10-46-12-9-29(49)21-46/h2-3,5-8,13-15,17-18,20,29,44,48-49H,4,9-12,19,21-24H2,1H3,(H,50,51)/t29-,39+/m1/s1. The molecule has 0 unspecified atom stereocenters. The van der Waals surface area contributed by atoms with E-state index in [1.807, 2.05) is 35.1 Å². The average Bonchev–Trinajstić information content (AvgIpc) is 3.78. The molecular formula is C39H40BrClN6O6. The number of hydrogen-bond donors (Lipinski definition) is 4. The fourth-order valence-electron chi connectivity index (χ4n) is 6.27. The number of rotatable bonds is 16. The van der Waals surface area contributed by atoms with Crippen molar-refractivity contribution in [1.29, 1.82) is 5.26 Å². The van der Waals surface area contributed by atoms with Crippen molar-refractivity contribution in [2.45, 2.75) is 57.7 Å². The quantitative estimate of drug-likeness (QED) is 0.0935. The molecule has 3 heterocycles. The SMILES string of the molecule is C[C@@](CO)(NCc1cc(Cl)c(OCc2cccc(-c3cccc4c3cnn4CCCN3CC[C@@H](O)C3)c2Br)cc1OCc1cncc(C#N)c1)C(=O)O. The van der Waals surface area contributed by atoms with Crippen LogP contribution < -0.4 is 14.8 Å². The molecule has 14 heteroatoms. The number of aromatic nitrogens is 3. The summed E-state index contributed by atoms with van der Waals surface area (Å²) in [5.41, 5.74) is 3.94. The van der Waals surface area contributed by atoms with Gasteiger partial charge in [-0.15, -0.1) is 0 Å². The van der Waals surface area contributed by atoms with Crippen molar-refractivity contribution >= 4 is 44.4 Å². The Morgan fingerprint density at radius 1 is 1.08 bits per heavy atom. The van der Waals surface area contributed by atoms with Gasteiger partial charge in [-0.1, -0.05) is 41.9 Å². The van der Waals surface area contributed by atoms with Gasteiger partial charge in [-0.25, -0.2) is 0 Å². The summed E-state index contributed by atoms with van der Waals surface area (Å²) in [5.74, 6) is -0.484. The van der Waals surface area contributed by atoms with Gasteiger partial charge in [0.05, 0.1) is 35.0 Å². The predicted octanol–water partition coefficient (Wildman–Crippen LogP) is 5.93. The number of β-amino-alcohol motifs (C(OH)–C–C–N with tert-alkyl or cyclic N) is 1. The number of aliphatic hydroxyl groups is 2. The molecule has 12 nitrogen and oxygen atoms in total. The zero-order valence-corrected chi connectivity index (χ0v) is 31.5. The maximum absolute atomic E-state index is 11.8. The minimum absolute atomic E-state index is 0.0213. The van der Waals surface area contributed by atoms with E-state index in [0.717, 1.165) is 71.1 Å². The molecule has 0 saturated carbocycles. The lowest BCUT2D eigenvalue weighted by Crippen LogP contribution is -2.52. The van der Waals surface area contributed by atoms with Gasteiger partial charge in [-0.05, 0) is 65.0 Å². The summed E-state index contributed by atoms with van der Waals surface area (Å²) in [6.45, 7) is 4.38. The lowest BCUT2D eigenvalue weighted by molar-refractivity contribution is -0.145. The van der Waals surface area contributed by atoms with Crippen molar-refractivity contribution in [2.75, 3.05) is 26.2 Å². The molecule has 1 fully saturated rings. The van der Waals surface area contributed by atoms with Crippen LogP contribution in [0.2, 0.25) is 5.02 Å². The van der Waals surface area contributed by atoms with Gasteiger partial charge in [0.1, 0.15) is 36.3 Å². The number of ether oxygens (including phenoxy) is 2. The first-order valence-electron chi connectivity index (χ1n) is 17.2. The Hall–Kier alpha value is -4.55. The van der Waals surface area contributed by atoms with Crippen LogP contribution >= 0.6 is 27.5 Å². The van der Waals surface area contributed by atoms with Crippen molar-refractivity contribution in [2.24, 2.45) is 0 Å². The van der Waals surface area contributed by atoms with Crippen LogP contribution in [0.1, 0.15) is 42.0 Å². The number of carboxylic acid groups (broad SMARTS) is 1. The van der Waals surface area contributed by atoms with Crippen LogP contribution in [0, 0.1) is 11.3 Å². The first-order valence-corrected chi connectivity index (χ1v) is 18.4. The number of pyridine rings is 1. The zero-order chi connectivity index (χ0) is 37.5. The molecule has 0 bridgehead atoms. The van der Waals surface area contributed by atoms with E-state index in [9.17, 15) is 25.4 Å². The number of likely N-dealkylation sites (tertiary alicyclic amines) is 1. The molecule has 3 aromatic carbocycles. The largest absolute Gasteiger partial charge is 0.488 e. The number of aliphatic hydroxyl groups excluding tert-OH is 2. The van der Waals surface area contributed by atoms with Crippen molar-refractivity contribution < 1.29 is 29.6 Å². The van der Waals surface area contributed by atoms with Crippen LogP contribution in [-0.2, 0) is 31.1 Å². The monoisotopic (exact) mass is 802 g/mol. The van der Waals surface area contributed by atoms with Crippen LogP contribution in [0.3, 0.4) is 0 Å². The maximum atomic E-state index is 11.8. The topological polar surface area (TPSA) is 166 Å². The predicted molar refractivity (Wildman–Crippen MR) is 204 cm³/mol. The molecule has 5 aromatic rings. The minimum Gasteiger partial charge on any atom is -0.488 e. The number of nitrogens with one attached hydrogen (secondary N) is 1. The van der Waals surface area contributed by atoms with Crippen LogP contribution in [0.5, 0.6) is 11.5 Å². The summed E-state index contributed by atoms with van der Waals surface area (Å²) in [4.78, 5) is 18.2. The number of hydrogen-bond acceptors (Lipinski definition) is 10. The van der Waals surface area contributed by atoms with E-state index in [4.69, 9.17) is 26.2 Å². The molecule has 1 aliphatic heterocycles. The average molecular weight is 804 g/mol. The fraction of sp³-hybridized carbons (Fsp3) is 0.333. The molecule has 0 aliphatic carbocycles. The number of aryl methyl sites for hydroxylation is 1. The van der Waals surface area contributed by atoms with Gasteiger partial charge in [0.25, 0.3) is 0 Å². The lowest BCUT2D eigenvalue weighted by atomic mass is 10.00. The highest BCUT2D eigenvalue weighted by Crippen LogP contribution is 2.38. The Morgan fingerprint density at radius 2 is 1.87 bits per heavy atom. The summed E-state index contributed by atoms with van der Waals surface area (Å²) < 4.78 is 15.3. The lowest BCUT2D eigenvalue weighted by Gasteiger charge is -2.25. The summed E-state index contributed by atoms with van der Waals surface area (Å²) in [7, 11) is 0. The van der Waals surface area contributed by atoms with Gasteiger partial charge in [0.2, 0.25) is 0 Å². The third-order valence-electron chi connectivity index (χ3n) is 9.42. The van der Waals surface area contributed by atoms with E-state index in [0.29, 0.717) is 28.2 Å². The number of carboxylic acids is 1. The molecular weight excluding hydrogens is 764 g/mol. The zero-order valence-electron chi connectivity index (χ0n) is 29.1. The highest BCUT2D eigenvalue weighted by Gasteiger charge is 2.32. The number of carbonyl (C=O) groups is 1. The third kappa shape index (κ3) is 8.98. The number of benzene rings is 3. The Bertz CT molecular complexity index is 2140. The third-order valence-corrected chi connectivity index (χ3v) is 10.7. The Morgan fingerprint density at radius 3 is 2.62 bits per heavy atom. The van der Waals surface area contributed by atoms with E-state index >= 15 is 0 Å². The second kappa shape index (κ2) is 17.1. The first-order chi connectivity index (χ1) is 25.6. The number of fused-ring (bicyclic) bond motifs is 1. The fourth-order valence-corrected chi connectivity index (χ4v) is 7.10. The molecule has 2 aromatic heterocycles. The van der Waals surface area contributed by atoms with Crippen molar-refractivity contribution in [3.63, 3.8) is 0 Å². The van der Waals surface area contributed by atoms with Crippen LogP contribution in [-0.4, -0.2) is 78.8 Å².